The fourth-order valence-corrected chi connectivity index (χ4v) is 3.63. The van der Waals surface area contributed by atoms with Crippen LogP contribution >= 0.6 is 11.3 Å². The number of nitrogens with one attached hydrogen (secondary N) is 2. The van der Waals surface area contributed by atoms with Gasteiger partial charge in [-0.2, -0.15) is 0 Å². The highest BCUT2D eigenvalue weighted by Crippen LogP contribution is 2.27. The fourth-order valence-electron chi connectivity index (χ4n) is 2.68. The van der Waals surface area contributed by atoms with E-state index in [1.807, 2.05) is 26.0 Å². The lowest BCUT2D eigenvalue weighted by atomic mass is 10.1. The molecule has 0 saturated heterocycles. The van der Waals surface area contributed by atoms with Crippen LogP contribution in [0.4, 0.5) is 11.6 Å². The van der Waals surface area contributed by atoms with Crippen LogP contribution in [0.15, 0.2) is 30.5 Å². The van der Waals surface area contributed by atoms with Crippen LogP contribution in [0.1, 0.15) is 26.5 Å². The molecule has 0 fully saturated rings. The molecule has 3 rings (SSSR count). The lowest BCUT2D eigenvalue weighted by molar-refractivity contribution is 0.0948. The third-order valence-corrected chi connectivity index (χ3v) is 4.93. The molecule has 0 aliphatic carbocycles. The molecule has 0 aliphatic heterocycles. The van der Waals surface area contributed by atoms with E-state index in [0.29, 0.717) is 27.2 Å². The predicted molar refractivity (Wildman–Crippen MR) is 106 cm³/mol. The maximum Gasteiger partial charge on any atom is 0.263 e. The molecule has 0 radical (unpaired) electrons. The molecule has 7 nitrogen and oxygen atoms in total. The number of carbonyl (C=O) groups is 1. The summed E-state index contributed by atoms with van der Waals surface area (Å²) < 4.78 is 0. The minimum atomic E-state index is -0.243. The molecule has 27 heavy (non-hydrogen) atoms. The largest absolute Gasteiger partial charge is 0.395 e. The number of rotatable bonds is 6. The number of aromatic nitrogens is 3. The number of carbonyl (C=O) groups excluding carboxylic acids is 1. The van der Waals surface area contributed by atoms with Crippen molar-refractivity contribution in [3.63, 3.8) is 0 Å². The normalized spacial score (nSPS) is 10.7. The van der Waals surface area contributed by atoms with E-state index in [4.69, 9.17) is 5.11 Å². The number of nitrogens with zero attached hydrogens (tertiary/aromatic N) is 3. The highest BCUT2D eigenvalue weighted by molar-refractivity contribution is 7.17. The summed E-state index contributed by atoms with van der Waals surface area (Å²) in [5.41, 5.74) is 4.51. The number of anilines is 2. The van der Waals surface area contributed by atoms with Gasteiger partial charge in [-0.25, -0.2) is 15.0 Å². The maximum atomic E-state index is 12.1. The molecule has 2 heterocycles. The Labute approximate surface area is 161 Å². The second-order valence-corrected chi connectivity index (χ2v) is 7.18. The Morgan fingerprint density at radius 3 is 2.59 bits per heavy atom. The second kappa shape index (κ2) is 8.24. The molecule has 0 unspecified atom stereocenters. The number of aryl methyl sites for hydroxylation is 3. The maximum absolute atomic E-state index is 12.1. The van der Waals surface area contributed by atoms with Gasteiger partial charge in [0.2, 0.25) is 5.95 Å². The van der Waals surface area contributed by atoms with Crippen LogP contribution in [0.5, 0.6) is 0 Å². The first kappa shape index (κ1) is 18.9. The zero-order valence-corrected chi connectivity index (χ0v) is 16.2. The van der Waals surface area contributed by atoms with Crippen LogP contribution in [0.3, 0.4) is 0 Å². The third-order valence-electron chi connectivity index (χ3n) is 3.75. The zero-order chi connectivity index (χ0) is 19.4. The molecular formula is C19H21N5O2S. The average molecular weight is 383 g/mol. The highest BCUT2D eigenvalue weighted by atomic mass is 32.1. The fraction of sp³-hybridized carbons (Fsp3) is 0.263. The van der Waals surface area contributed by atoms with Gasteiger partial charge >= 0.3 is 0 Å². The topological polar surface area (TPSA) is 100 Å². The molecule has 0 aliphatic rings. The molecule has 0 saturated carbocycles. The van der Waals surface area contributed by atoms with Gasteiger partial charge in [-0.05, 0) is 50.1 Å². The minimum absolute atomic E-state index is 0.101. The van der Waals surface area contributed by atoms with Crippen molar-refractivity contribution in [1.82, 2.24) is 20.3 Å². The summed E-state index contributed by atoms with van der Waals surface area (Å²) in [6, 6.07) is 7.92. The van der Waals surface area contributed by atoms with Crippen molar-refractivity contribution in [3.05, 3.63) is 52.2 Å². The Kier molecular flexibility index (Phi) is 5.78. The number of hydrogen-bond acceptors (Lipinski definition) is 7. The molecule has 140 valence electrons. The van der Waals surface area contributed by atoms with Crippen LogP contribution < -0.4 is 10.6 Å². The Bertz CT molecular complexity index is 950. The van der Waals surface area contributed by atoms with Gasteiger partial charge in [0.25, 0.3) is 5.91 Å². The van der Waals surface area contributed by atoms with E-state index in [1.54, 1.807) is 19.2 Å². The highest BCUT2D eigenvalue weighted by Gasteiger charge is 2.17. The van der Waals surface area contributed by atoms with Crippen molar-refractivity contribution in [2.45, 2.75) is 20.8 Å². The average Bonchev–Trinajstić information content (AvgIpc) is 3.01. The summed E-state index contributed by atoms with van der Waals surface area (Å²) in [5, 5.41) is 15.4. The van der Waals surface area contributed by atoms with Crippen molar-refractivity contribution < 1.29 is 9.90 Å². The summed E-state index contributed by atoms with van der Waals surface area (Å²) in [4.78, 5) is 25.9. The Balaban J connectivity index is 1.84. The number of aliphatic hydroxyl groups is 1. The second-order valence-electron chi connectivity index (χ2n) is 6.18. The molecule has 0 bridgehead atoms. The van der Waals surface area contributed by atoms with Gasteiger partial charge in [0.15, 0.2) is 0 Å². The van der Waals surface area contributed by atoms with Crippen molar-refractivity contribution in [1.29, 1.82) is 0 Å². The van der Waals surface area contributed by atoms with Gasteiger partial charge in [0.05, 0.1) is 12.3 Å². The Morgan fingerprint density at radius 1 is 1.15 bits per heavy atom. The first-order valence-corrected chi connectivity index (χ1v) is 9.33. The zero-order valence-electron chi connectivity index (χ0n) is 15.4. The number of benzene rings is 1. The third kappa shape index (κ3) is 4.66. The standard InChI is InChI=1S/C19H21N5O2S/c1-11-8-12(2)10-14(9-11)23-19-21-5-4-15(24-19)18-22-13(3)16(27-18)17(26)20-6-7-25/h4-5,8-10,25H,6-7H2,1-3H3,(H,20,26)(H,21,23,24). The van der Waals surface area contributed by atoms with E-state index in [1.165, 1.54) is 11.3 Å². The monoisotopic (exact) mass is 383 g/mol. The van der Waals surface area contributed by atoms with E-state index in [2.05, 4.69) is 31.7 Å². The van der Waals surface area contributed by atoms with Crippen molar-refractivity contribution in [2.24, 2.45) is 0 Å². The summed E-state index contributed by atoms with van der Waals surface area (Å²) in [7, 11) is 0. The first-order valence-electron chi connectivity index (χ1n) is 8.51. The molecule has 0 atom stereocenters. The van der Waals surface area contributed by atoms with E-state index >= 15 is 0 Å². The van der Waals surface area contributed by atoms with Gasteiger partial charge < -0.3 is 15.7 Å². The summed E-state index contributed by atoms with van der Waals surface area (Å²) in [6.07, 6.45) is 1.66. The van der Waals surface area contributed by atoms with E-state index in [9.17, 15) is 4.79 Å². The molecule has 2 aromatic heterocycles. The van der Waals surface area contributed by atoms with E-state index < -0.39 is 0 Å². The van der Waals surface area contributed by atoms with Crippen molar-refractivity contribution in [3.8, 4) is 10.7 Å². The Hall–Kier alpha value is -2.84. The van der Waals surface area contributed by atoms with Crippen LogP contribution in [0, 0.1) is 20.8 Å². The number of amides is 1. The summed E-state index contributed by atoms with van der Waals surface area (Å²) in [6.45, 7) is 5.97. The number of thiazole rings is 1. The van der Waals surface area contributed by atoms with E-state index in [-0.39, 0.29) is 19.1 Å². The quantitative estimate of drug-likeness (QED) is 0.605. The minimum Gasteiger partial charge on any atom is -0.395 e. The van der Waals surface area contributed by atoms with Gasteiger partial charge in [0.1, 0.15) is 15.6 Å². The van der Waals surface area contributed by atoms with Crippen LogP contribution in [-0.4, -0.2) is 39.1 Å². The molecule has 8 heteroatoms. The van der Waals surface area contributed by atoms with Gasteiger partial charge in [-0.15, -0.1) is 11.3 Å². The molecule has 3 N–H and O–H groups in total. The van der Waals surface area contributed by atoms with Gasteiger partial charge in [-0.3, -0.25) is 4.79 Å². The van der Waals surface area contributed by atoms with Crippen LogP contribution in [-0.2, 0) is 0 Å². The van der Waals surface area contributed by atoms with Gasteiger partial charge in [-0.1, -0.05) is 6.07 Å². The van der Waals surface area contributed by atoms with Crippen LogP contribution in [0.2, 0.25) is 0 Å². The molecule has 1 aromatic carbocycles. The number of hydrogen-bond donors (Lipinski definition) is 3. The molecule has 1 amide bonds. The van der Waals surface area contributed by atoms with Crippen molar-refractivity contribution in [2.75, 3.05) is 18.5 Å². The van der Waals surface area contributed by atoms with Gasteiger partial charge in [0, 0.05) is 18.4 Å². The SMILES string of the molecule is Cc1cc(C)cc(Nc2nccc(-c3nc(C)c(C(=O)NCCO)s3)n2)c1. The van der Waals surface area contributed by atoms with Crippen LogP contribution in [0.25, 0.3) is 10.7 Å². The smallest absolute Gasteiger partial charge is 0.263 e. The lowest BCUT2D eigenvalue weighted by Gasteiger charge is -2.07. The predicted octanol–water partition coefficient (Wildman–Crippen LogP) is 2.99. The molecule has 3 aromatic rings. The van der Waals surface area contributed by atoms with Crippen molar-refractivity contribution >= 4 is 28.9 Å². The number of aliphatic hydroxyl groups excluding tert-OH is 1. The summed E-state index contributed by atoms with van der Waals surface area (Å²) in [5.74, 6) is 0.226. The molecular weight excluding hydrogens is 362 g/mol. The first-order chi connectivity index (χ1) is 13.0. The lowest BCUT2D eigenvalue weighted by Crippen LogP contribution is -2.26. The Morgan fingerprint density at radius 2 is 1.89 bits per heavy atom. The van der Waals surface area contributed by atoms with E-state index in [0.717, 1.165) is 16.8 Å². The molecule has 0 spiro atoms. The summed E-state index contributed by atoms with van der Waals surface area (Å²) >= 11 is 1.27.